The van der Waals surface area contributed by atoms with E-state index in [0.29, 0.717) is 17.1 Å². The van der Waals surface area contributed by atoms with Gasteiger partial charge in [-0.25, -0.2) is 0 Å². The fourth-order valence-corrected chi connectivity index (χ4v) is 2.42. The Morgan fingerprint density at radius 3 is 2.52 bits per heavy atom. The largest absolute Gasteiger partial charge is 0.377 e. The molecule has 1 N–H and O–H groups in total. The Hall–Kier alpha value is -2.00. The summed E-state index contributed by atoms with van der Waals surface area (Å²) in [5, 5.41) is 3.56. The molecule has 0 fully saturated rings. The number of nitrogens with zero attached hydrogens (tertiary/aromatic N) is 1. The predicted molar refractivity (Wildman–Crippen MR) is 88.1 cm³/mol. The van der Waals surface area contributed by atoms with Gasteiger partial charge in [0.05, 0.1) is 0 Å². The highest BCUT2D eigenvalue weighted by molar-refractivity contribution is 6.31. The van der Waals surface area contributed by atoms with Crippen molar-refractivity contribution in [3.05, 3.63) is 64.2 Å². The monoisotopic (exact) mass is 302 g/mol. The van der Waals surface area contributed by atoms with E-state index in [0.717, 1.165) is 16.8 Å². The van der Waals surface area contributed by atoms with Crippen molar-refractivity contribution >= 4 is 23.2 Å². The van der Waals surface area contributed by atoms with Crippen LogP contribution in [0.3, 0.4) is 0 Å². The van der Waals surface area contributed by atoms with Gasteiger partial charge in [0.1, 0.15) is 0 Å². The number of amides is 1. The molecule has 110 valence electrons. The average molecular weight is 303 g/mol. The van der Waals surface area contributed by atoms with Crippen molar-refractivity contribution in [3.63, 3.8) is 0 Å². The van der Waals surface area contributed by atoms with Crippen LogP contribution in [-0.2, 0) is 6.54 Å². The van der Waals surface area contributed by atoms with Crippen LogP contribution in [-0.4, -0.2) is 20.0 Å². The highest BCUT2D eigenvalue weighted by atomic mass is 35.5. The number of halogens is 1. The minimum atomic E-state index is -0.0941. The molecule has 4 heteroatoms. The number of anilines is 1. The molecule has 21 heavy (non-hydrogen) atoms. The van der Waals surface area contributed by atoms with Crippen LogP contribution in [0.25, 0.3) is 0 Å². The maximum atomic E-state index is 12.2. The molecule has 0 saturated carbocycles. The summed E-state index contributed by atoms with van der Waals surface area (Å²) in [6.07, 6.45) is 0. The molecule has 2 aromatic carbocycles. The van der Waals surface area contributed by atoms with E-state index in [2.05, 4.69) is 5.32 Å². The lowest BCUT2D eigenvalue weighted by Crippen LogP contribution is -2.23. The van der Waals surface area contributed by atoms with Crippen molar-refractivity contribution in [1.82, 2.24) is 5.32 Å². The number of hydrogen-bond donors (Lipinski definition) is 1. The Kier molecular flexibility index (Phi) is 4.86. The molecule has 1 amide bonds. The van der Waals surface area contributed by atoms with Crippen molar-refractivity contribution in [3.8, 4) is 0 Å². The number of benzene rings is 2. The standard InChI is InChI=1S/C17H19ClN2O/c1-12-10-13(8-9-16(12)20(2)3)17(21)19-11-14-6-4-5-7-15(14)18/h4-10H,11H2,1-3H3,(H,19,21). The van der Waals surface area contributed by atoms with E-state index in [1.807, 2.05) is 68.4 Å². The van der Waals surface area contributed by atoms with Gasteiger partial charge in [0.15, 0.2) is 0 Å². The van der Waals surface area contributed by atoms with Gasteiger partial charge in [-0.1, -0.05) is 29.8 Å². The van der Waals surface area contributed by atoms with Crippen molar-refractivity contribution in [1.29, 1.82) is 0 Å². The molecule has 0 aromatic heterocycles. The lowest BCUT2D eigenvalue weighted by molar-refractivity contribution is 0.0951. The summed E-state index contributed by atoms with van der Waals surface area (Å²) < 4.78 is 0. The highest BCUT2D eigenvalue weighted by Gasteiger charge is 2.09. The summed E-state index contributed by atoms with van der Waals surface area (Å²) in [7, 11) is 3.97. The summed E-state index contributed by atoms with van der Waals surface area (Å²) in [5.74, 6) is -0.0941. The second-order valence-corrected chi connectivity index (χ2v) is 5.58. The van der Waals surface area contributed by atoms with Gasteiger partial charge in [-0.3, -0.25) is 4.79 Å². The Labute approximate surface area is 130 Å². The van der Waals surface area contributed by atoms with Gasteiger partial charge in [0.2, 0.25) is 0 Å². The van der Waals surface area contributed by atoms with Crippen molar-refractivity contribution in [2.24, 2.45) is 0 Å². The molecule has 0 aliphatic heterocycles. The molecule has 0 saturated heterocycles. The fraction of sp³-hybridized carbons (Fsp3) is 0.235. The number of carbonyl (C=O) groups is 1. The van der Waals surface area contributed by atoms with E-state index in [4.69, 9.17) is 11.6 Å². The number of carbonyl (C=O) groups excluding carboxylic acids is 1. The Morgan fingerprint density at radius 1 is 1.19 bits per heavy atom. The molecule has 0 unspecified atom stereocenters. The SMILES string of the molecule is Cc1cc(C(=O)NCc2ccccc2Cl)ccc1N(C)C. The zero-order valence-electron chi connectivity index (χ0n) is 12.5. The van der Waals surface area contributed by atoms with Crippen LogP contribution in [0, 0.1) is 6.92 Å². The number of nitrogens with one attached hydrogen (secondary N) is 1. The molecular weight excluding hydrogens is 284 g/mol. The maximum Gasteiger partial charge on any atom is 0.251 e. The molecule has 2 aromatic rings. The van der Waals surface area contributed by atoms with Crippen molar-refractivity contribution < 1.29 is 4.79 Å². The second kappa shape index (κ2) is 6.64. The minimum absolute atomic E-state index is 0.0941. The third kappa shape index (κ3) is 3.76. The van der Waals surface area contributed by atoms with Crippen LogP contribution in [0.4, 0.5) is 5.69 Å². The molecule has 0 radical (unpaired) electrons. The predicted octanol–water partition coefficient (Wildman–Crippen LogP) is 3.64. The summed E-state index contributed by atoms with van der Waals surface area (Å²) >= 11 is 6.08. The third-order valence-electron chi connectivity index (χ3n) is 3.34. The third-order valence-corrected chi connectivity index (χ3v) is 3.71. The Morgan fingerprint density at radius 2 is 1.90 bits per heavy atom. The van der Waals surface area contributed by atoms with E-state index in [9.17, 15) is 4.79 Å². The molecule has 0 aliphatic carbocycles. The van der Waals surface area contributed by atoms with Gasteiger partial charge < -0.3 is 10.2 Å². The molecule has 0 bridgehead atoms. The lowest BCUT2D eigenvalue weighted by atomic mass is 10.1. The van der Waals surface area contributed by atoms with Crippen LogP contribution in [0.2, 0.25) is 5.02 Å². The highest BCUT2D eigenvalue weighted by Crippen LogP contribution is 2.19. The van der Waals surface area contributed by atoms with Gasteiger partial charge in [-0.05, 0) is 42.3 Å². The molecule has 0 aliphatic rings. The number of rotatable bonds is 4. The van der Waals surface area contributed by atoms with Gasteiger partial charge in [0.25, 0.3) is 5.91 Å². The van der Waals surface area contributed by atoms with Crippen molar-refractivity contribution in [2.75, 3.05) is 19.0 Å². The second-order valence-electron chi connectivity index (χ2n) is 5.17. The summed E-state index contributed by atoms with van der Waals surface area (Å²) in [4.78, 5) is 14.2. The van der Waals surface area contributed by atoms with E-state index in [1.54, 1.807) is 0 Å². The van der Waals surface area contributed by atoms with E-state index < -0.39 is 0 Å². The zero-order chi connectivity index (χ0) is 15.4. The molecule has 0 heterocycles. The van der Waals surface area contributed by atoms with Crippen LogP contribution >= 0.6 is 11.6 Å². The van der Waals surface area contributed by atoms with E-state index in [1.165, 1.54) is 0 Å². The lowest BCUT2D eigenvalue weighted by Gasteiger charge is -2.16. The van der Waals surface area contributed by atoms with Crippen LogP contribution < -0.4 is 10.2 Å². The van der Waals surface area contributed by atoms with E-state index >= 15 is 0 Å². The maximum absolute atomic E-state index is 12.2. The van der Waals surface area contributed by atoms with Crippen LogP contribution in [0.5, 0.6) is 0 Å². The normalized spacial score (nSPS) is 10.3. The number of hydrogen-bond acceptors (Lipinski definition) is 2. The first-order valence-electron chi connectivity index (χ1n) is 6.78. The number of aryl methyl sites for hydroxylation is 1. The summed E-state index contributed by atoms with van der Waals surface area (Å²) in [6, 6.07) is 13.2. The quantitative estimate of drug-likeness (QED) is 0.935. The first-order valence-corrected chi connectivity index (χ1v) is 7.16. The van der Waals surface area contributed by atoms with Gasteiger partial charge >= 0.3 is 0 Å². The van der Waals surface area contributed by atoms with Crippen LogP contribution in [0.15, 0.2) is 42.5 Å². The van der Waals surface area contributed by atoms with Crippen LogP contribution in [0.1, 0.15) is 21.5 Å². The van der Waals surface area contributed by atoms with Gasteiger partial charge in [0, 0.05) is 36.9 Å². The fourth-order valence-electron chi connectivity index (χ4n) is 2.22. The first-order chi connectivity index (χ1) is 9.99. The first kappa shape index (κ1) is 15.4. The van der Waals surface area contributed by atoms with Gasteiger partial charge in [-0.2, -0.15) is 0 Å². The zero-order valence-corrected chi connectivity index (χ0v) is 13.2. The molecule has 0 atom stereocenters. The average Bonchev–Trinajstić information content (AvgIpc) is 2.45. The molecule has 0 spiro atoms. The molecular formula is C17H19ClN2O. The Bertz CT molecular complexity index is 653. The van der Waals surface area contributed by atoms with Crippen molar-refractivity contribution in [2.45, 2.75) is 13.5 Å². The molecule has 3 nitrogen and oxygen atoms in total. The van der Waals surface area contributed by atoms with Gasteiger partial charge in [-0.15, -0.1) is 0 Å². The smallest absolute Gasteiger partial charge is 0.251 e. The summed E-state index contributed by atoms with van der Waals surface area (Å²) in [6.45, 7) is 2.42. The summed E-state index contributed by atoms with van der Waals surface area (Å²) in [5.41, 5.74) is 3.75. The minimum Gasteiger partial charge on any atom is -0.377 e. The Balaban J connectivity index is 2.07. The molecule has 2 rings (SSSR count). The van der Waals surface area contributed by atoms with E-state index in [-0.39, 0.29) is 5.91 Å². The topological polar surface area (TPSA) is 32.3 Å².